The molecule has 0 N–H and O–H groups in total. The highest BCUT2D eigenvalue weighted by Gasteiger charge is 2.59. The molecule has 3 aliphatic heterocycles. The molecule has 7 aromatic rings. The second-order valence-corrected chi connectivity index (χ2v) is 31.9. The van der Waals surface area contributed by atoms with E-state index in [1.807, 2.05) is 0 Å². The average molecular weight is 1050 g/mol. The van der Waals surface area contributed by atoms with Crippen LogP contribution in [0.25, 0.3) is 11.0 Å². The Bertz CT molecular complexity index is 3690. The lowest BCUT2D eigenvalue weighted by molar-refractivity contribution is 0.195. The summed E-state index contributed by atoms with van der Waals surface area (Å²) in [5.41, 5.74) is 26.0. The van der Waals surface area contributed by atoms with Gasteiger partial charge in [0, 0.05) is 50.6 Å². The number of furan rings is 1. The van der Waals surface area contributed by atoms with Crippen LogP contribution in [-0.2, 0) is 43.3 Å². The van der Waals surface area contributed by atoms with Gasteiger partial charge < -0.3 is 19.1 Å². The van der Waals surface area contributed by atoms with Gasteiger partial charge in [0.15, 0.2) is 0 Å². The molecule has 6 aliphatic rings. The van der Waals surface area contributed by atoms with Crippen LogP contribution in [0, 0.1) is 0 Å². The summed E-state index contributed by atoms with van der Waals surface area (Å²) < 4.78 is 7.64. The Morgan fingerprint density at radius 1 is 0.418 bits per heavy atom. The minimum Gasteiger partial charge on any atom is -0.468 e. The highest BCUT2D eigenvalue weighted by molar-refractivity contribution is 7.00. The number of anilines is 8. The molecule has 0 bridgehead atoms. The molecule has 2 atom stereocenters. The van der Waals surface area contributed by atoms with Gasteiger partial charge in [0.05, 0.1) is 16.9 Å². The average Bonchev–Trinajstić information content (AvgIpc) is 4.08. The molecule has 1 saturated carbocycles. The van der Waals surface area contributed by atoms with E-state index in [0.717, 1.165) is 42.6 Å². The fourth-order valence-electron chi connectivity index (χ4n) is 16.1. The first-order chi connectivity index (χ1) is 36.8. The van der Waals surface area contributed by atoms with Crippen LogP contribution >= 0.6 is 0 Å². The Labute approximate surface area is 475 Å². The van der Waals surface area contributed by atoms with Gasteiger partial charge in [0.25, 0.3) is 6.71 Å². The predicted octanol–water partition coefficient (Wildman–Crippen LogP) is 18.8. The molecule has 13 rings (SSSR count). The van der Waals surface area contributed by atoms with Crippen molar-refractivity contribution in [2.75, 3.05) is 14.7 Å². The predicted molar refractivity (Wildman–Crippen MR) is 340 cm³/mol. The topological polar surface area (TPSA) is 22.9 Å². The van der Waals surface area contributed by atoms with Gasteiger partial charge >= 0.3 is 0 Å². The Kier molecular flexibility index (Phi) is 11.0. The van der Waals surface area contributed by atoms with Crippen LogP contribution in [0.5, 0.6) is 0 Å². The van der Waals surface area contributed by atoms with E-state index in [2.05, 4.69) is 249 Å². The van der Waals surface area contributed by atoms with Crippen LogP contribution in [0.4, 0.5) is 45.5 Å². The summed E-state index contributed by atoms with van der Waals surface area (Å²) in [7, 11) is 0. The molecule has 410 valence electrons. The van der Waals surface area contributed by atoms with Crippen LogP contribution in [0.15, 0.2) is 108 Å². The van der Waals surface area contributed by atoms with E-state index in [-0.39, 0.29) is 55.6 Å². The number of hydrogen-bond acceptors (Lipinski definition) is 4. The molecule has 4 nitrogen and oxygen atoms in total. The smallest absolute Gasteiger partial charge is 0.297 e. The third-order valence-electron chi connectivity index (χ3n) is 21.8. The number of fused-ring (bicyclic) bond motifs is 11. The molecular formula is C74H90BN3O. The minimum atomic E-state index is -0.166. The molecule has 1 fully saturated rings. The van der Waals surface area contributed by atoms with Crippen LogP contribution in [0.3, 0.4) is 0 Å². The van der Waals surface area contributed by atoms with Crippen molar-refractivity contribution < 1.29 is 4.42 Å². The minimum absolute atomic E-state index is 0.00213. The van der Waals surface area contributed by atoms with Crippen molar-refractivity contribution in [2.24, 2.45) is 0 Å². The maximum absolute atomic E-state index is 7.64. The summed E-state index contributed by atoms with van der Waals surface area (Å²) in [6.45, 7) is 46.1. The quantitative estimate of drug-likeness (QED) is 0.165. The Morgan fingerprint density at radius 2 is 0.937 bits per heavy atom. The summed E-state index contributed by atoms with van der Waals surface area (Å²) in [6.07, 6.45) is 9.40. The summed E-state index contributed by atoms with van der Waals surface area (Å²) in [6, 6.07) is 42.4. The molecule has 0 radical (unpaired) electrons. The summed E-state index contributed by atoms with van der Waals surface area (Å²) in [4.78, 5) is 8.25. The molecular weight excluding hydrogens is 958 g/mol. The van der Waals surface area contributed by atoms with Crippen LogP contribution in [0.1, 0.15) is 227 Å². The van der Waals surface area contributed by atoms with Crippen molar-refractivity contribution in [2.45, 2.75) is 232 Å². The lowest BCUT2D eigenvalue weighted by Crippen LogP contribution is -2.61. The monoisotopic (exact) mass is 1050 g/mol. The number of rotatable bonds is 3. The lowest BCUT2D eigenvalue weighted by Gasteiger charge is -2.51. The van der Waals surface area contributed by atoms with Gasteiger partial charge in [-0.15, -0.1) is 0 Å². The number of nitrogens with zero attached hydrogens (tertiary/aromatic N) is 3. The van der Waals surface area contributed by atoms with Gasteiger partial charge in [-0.25, -0.2) is 0 Å². The van der Waals surface area contributed by atoms with E-state index in [0.29, 0.717) is 0 Å². The molecule has 0 saturated heterocycles. The fourth-order valence-corrected chi connectivity index (χ4v) is 16.1. The summed E-state index contributed by atoms with van der Waals surface area (Å²) in [5.74, 6) is 0. The Morgan fingerprint density at radius 3 is 1.56 bits per heavy atom. The first-order valence-corrected chi connectivity index (χ1v) is 30.5. The third-order valence-corrected chi connectivity index (χ3v) is 21.8. The standard InChI is InChI=1S/C74H90BN3O/c1-66(2,3)45-22-26-48(27-23-45)77-61-42-50(78-58-30-24-47(68(7,8)9)39-56(58)73(18)32-20-21-33-74(73,78)19)41-60-63(61)75(65-64(77)51-38-46(67(4,5)6)25-31-62(51)79-65)57-43-54-55(72(16,17)37-36-71(54,14)15)44-59(57)76(60)49-28-29-52-53(40-49)70(12,13)35-34-69(52,10)11/h22-31,38-44H,20-21,32-37H2,1-19H3. The second kappa shape index (κ2) is 16.5. The number of hydrogen-bond donors (Lipinski definition) is 0. The fraction of sp³-hybridized carbons (Fsp3) is 0.486. The molecule has 6 aromatic carbocycles. The normalized spacial score (nSPS) is 23.1. The van der Waals surface area contributed by atoms with Crippen LogP contribution in [0.2, 0.25) is 0 Å². The molecule has 79 heavy (non-hydrogen) atoms. The number of benzene rings is 6. The molecule has 0 spiro atoms. The molecule has 3 aliphatic carbocycles. The van der Waals surface area contributed by atoms with Crippen molar-refractivity contribution >= 4 is 79.8 Å². The van der Waals surface area contributed by atoms with Crippen molar-refractivity contribution in [1.29, 1.82) is 0 Å². The van der Waals surface area contributed by atoms with Crippen molar-refractivity contribution in [3.8, 4) is 0 Å². The zero-order valence-electron chi connectivity index (χ0n) is 51.8. The maximum atomic E-state index is 7.64. The van der Waals surface area contributed by atoms with Gasteiger partial charge in [-0.3, -0.25) is 0 Å². The van der Waals surface area contributed by atoms with Crippen molar-refractivity contribution in [3.63, 3.8) is 0 Å². The van der Waals surface area contributed by atoms with E-state index >= 15 is 0 Å². The van der Waals surface area contributed by atoms with E-state index in [4.69, 9.17) is 4.42 Å². The SMILES string of the molecule is CC(C)(C)c1ccc(N2c3cc(N4c5ccc(C(C)(C)C)cc5C5(C)CCCCC45C)cc4c3B(c3cc5c(cc3N4c3ccc4c(c3)C(C)(C)CCC4(C)C)C(C)(C)CCC5(C)C)c3oc4ccc(C(C)(C)C)cc4c32)cc1. The van der Waals surface area contributed by atoms with Crippen molar-refractivity contribution in [3.05, 3.63) is 148 Å². The third kappa shape index (κ3) is 7.57. The second-order valence-electron chi connectivity index (χ2n) is 31.9. The zero-order chi connectivity index (χ0) is 56.3. The lowest BCUT2D eigenvalue weighted by atomic mass is 9.35. The van der Waals surface area contributed by atoms with Gasteiger partial charge in [-0.05, 0) is 199 Å². The maximum Gasteiger partial charge on any atom is 0.297 e. The van der Waals surface area contributed by atoms with E-state index in [1.165, 1.54) is 126 Å². The molecule has 1 aromatic heterocycles. The highest BCUT2D eigenvalue weighted by Crippen LogP contribution is 2.63. The summed E-state index contributed by atoms with van der Waals surface area (Å²) in [5, 5.41) is 1.18. The first-order valence-electron chi connectivity index (χ1n) is 30.5. The van der Waals surface area contributed by atoms with Crippen LogP contribution < -0.4 is 31.3 Å². The van der Waals surface area contributed by atoms with Gasteiger partial charge in [-0.1, -0.05) is 180 Å². The van der Waals surface area contributed by atoms with E-state index in [1.54, 1.807) is 0 Å². The van der Waals surface area contributed by atoms with Crippen LogP contribution in [-0.4, -0.2) is 12.3 Å². The largest absolute Gasteiger partial charge is 0.468 e. The summed E-state index contributed by atoms with van der Waals surface area (Å²) >= 11 is 0. The van der Waals surface area contributed by atoms with Gasteiger partial charge in [-0.2, -0.15) is 0 Å². The molecule has 0 amide bonds. The molecule has 5 heteroatoms. The van der Waals surface area contributed by atoms with E-state index < -0.39 is 0 Å². The Balaban J connectivity index is 1.20. The van der Waals surface area contributed by atoms with Crippen molar-refractivity contribution in [1.82, 2.24) is 0 Å². The Hall–Kier alpha value is -5.68. The van der Waals surface area contributed by atoms with E-state index in [9.17, 15) is 0 Å². The van der Waals surface area contributed by atoms with Gasteiger partial charge in [0.1, 0.15) is 5.58 Å². The molecule has 2 unspecified atom stereocenters. The van der Waals surface area contributed by atoms with Gasteiger partial charge in [0.2, 0.25) is 0 Å². The molecule has 4 heterocycles. The zero-order valence-corrected chi connectivity index (χ0v) is 51.8. The highest BCUT2D eigenvalue weighted by atomic mass is 16.3. The first kappa shape index (κ1) is 52.7.